The number of ether oxygens (including phenoxy) is 8. The van der Waals surface area contributed by atoms with Crippen LogP contribution in [0.2, 0.25) is 0 Å². The van der Waals surface area contributed by atoms with Crippen molar-refractivity contribution in [3.8, 4) is 0 Å². The van der Waals surface area contributed by atoms with Gasteiger partial charge in [0.15, 0.2) is 0 Å². The fraction of sp³-hybridized carbons (Fsp3) is 0.750. The van der Waals surface area contributed by atoms with E-state index in [-0.39, 0.29) is 6.42 Å². The molecule has 1 heterocycles. The summed E-state index contributed by atoms with van der Waals surface area (Å²) in [6.07, 6.45) is 22.9. The lowest BCUT2D eigenvalue weighted by Crippen LogP contribution is -2.38. The fourth-order valence-corrected chi connectivity index (χ4v) is 11.3. The molecule has 1 aromatic rings. The number of hydrogen-bond donors (Lipinski definition) is 0. The molecule has 85 heavy (non-hydrogen) atoms. The molecule has 494 valence electrons. The minimum atomic E-state index is -4.64. The van der Waals surface area contributed by atoms with Gasteiger partial charge in [-0.3, -0.25) is 43.3 Å². The molecule has 0 aliphatic heterocycles. The molecule has 33 heteroatoms. The van der Waals surface area contributed by atoms with Crippen LogP contribution >= 0.6 is 0 Å². The first-order chi connectivity index (χ1) is 39.6. The topological polar surface area (TPSA) is 452 Å². The van der Waals surface area contributed by atoms with Gasteiger partial charge in [0, 0.05) is 39.6 Å². The fourth-order valence-electron chi connectivity index (χ4n) is 9.82. The molecule has 0 N–H and O–H groups in total. The molecule has 0 atom stereocenters. The summed E-state index contributed by atoms with van der Waals surface area (Å²) in [6.45, 7) is 14.0. The van der Waals surface area contributed by atoms with E-state index in [0.29, 0.717) is 0 Å². The van der Waals surface area contributed by atoms with Crippen LogP contribution in [-0.2, 0) is 117 Å². The summed E-state index contributed by atoms with van der Waals surface area (Å²) >= 11 is 0. The van der Waals surface area contributed by atoms with Gasteiger partial charge in [-0.1, -0.05) is 54.5 Å². The van der Waals surface area contributed by atoms with E-state index < -0.39 is 138 Å². The molecule has 0 radical (unpaired) electrons. The lowest BCUT2D eigenvalue weighted by molar-refractivity contribution is -0.166. The Morgan fingerprint density at radius 2 is 0.518 bits per heavy atom. The number of rotatable bonds is 17. The van der Waals surface area contributed by atoms with Crippen molar-refractivity contribution in [1.29, 1.82) is 0 Å². The first-order valence-corrected chi connectivity index (χ1v) is 33.7. The third kappa shape index (κ3) is 51.5. The highest BCUT2D eigenvalue weighted by molar-refractivity contribution is 7.87. The van der Waals surface area contributed by atoms with Crippen molar-refractivity contribution in [3.63, 3.8) is 0 Å². The predicted octanol–water partition coefficient (Wildman–Crippen LogP) is 4.60. The number of pyridine rings is 1. The van der Waals surface area contributed by atoms with Crippen molar-refractivity contribution < 1.29 is 128 Å². The normalized spacial score (nSPS) is 21.0. The van der Waals surface area contributed by atoms with Crippen LogP contribution in [0.15, 0.2) is 30.6 Å². The minimum Gasteiger partial charge on any atom is -0.748 e. The first-order valence-electron chi connectivity index (χ1n) is 27.4. The minimum absolute atomic E-state index is 0.109. The van der Waals surface area contributed by atoms with E-state index in [1.54, 1.807) is 89.4 Å². The summed E-state index contributed by atoms with van der Waals surface area (Å²) in [5, 5.41) is 0. The molecule has 0 spiro atoms. The van der Waals surface area contributed by atoms with Crippen LogP contribution in [0.3, 0.4) is 0 Å². The van der Waals surface area contributed by atoms with Crippen LogP contribution in [0, 0.1) is 47.3 Å². The summed E-state index contributed by atoms with van der Waals surface area (Å²) in [6, 6.07) is 5.72. The molecule has 1 aromatic heterocycles. The number of hydrogen-bond acceptors (Lipinski definition) is 29. The molecular formula is C52H85NO28S4-4. The van der Waals surface area contributed by atoms with E-state index >= 15 is 0 Å². The lowest BCUT2D eigenvalue weighted by Gasteiger charge is -2.49. The molecule has 29 nitrogen and oxygen atoms in total. The number of carbonyl (C=O) groups is 8. The Balaban J connectivity index is -0.000000914. The Hall–Kier alpha value is -5.45. The summed E-state index contributed by atoms with van der Waals surface area (Å²) in [4.78, 5) is 86.5. The second kappa shape index (κ2) is 45.8. The van der Waals surface area contributed by atoms with Gasteiger partial charge in [0.05, 0.1) is 0 Å². The van der Waals surface area contributed by atoms with Crippen molar-refractivity contribution in [2.75, 3.05) is 50.2 Å². The van der Waals surface area contributed by atoms with Crippen LogP contribution < -0.4 is 0 Å². The zero-order valence-electron chi connectivity index (χ0n) is 49.9. The zero-order valence-corrected chi connectivity index (χ0v) is 53.1. The van der Waals surface area contributed by atoms with Crippen LogP contribution in [0.4, 0.5) is 0 Å². The second-order valence-corrected chi connectivity index (χ2v) is 24.5. The van der Waals surface area contributed by atoms with E-state index in [1.165, 1.54) is 54.3 Å². The zero-order chi connectivity index (χ0) is 66.0. The standard InChI is InChI=1S/2C10H16.C6H10O7S.C5H5N.3C5H8O7S.3C2H6/c2*1-7-2-9-4-8(1)5-10(3-7)6-9;1-2-5(7)12-4-13-6(8)3-14(9,10)11;1-2-4-6-5-3-1;3*1-4(6)11-3-12-5(7)2-13(8,9)10;3*1-2/h2*7-10H,1-6H2;2-4H2,1H3,(H,9,10,11);1-5H;3*2-3H2,1H3,(H,8,9,10);3*1-2H3/p-4. The molecule has 0 saturated heterocycles. The maximum absolute atomic E-state index is 10.5. The third-order valence-corrected chi connectivity index (χ3v) is 14.3. The molecule has 9 rings (SSSR count). The summed E-state index contributed by atoms with van der Waals surface area (Å²) in [5.41, 5.74) is 0. The van der Waals surface area contributed by atoms with Gasteiger partial charge in [0.1, 0.15) is 63.5 Å². The van der Waals surface area contributed by atoms with Crippen LogP contribution in [0.1, 0.15) is 153 Å². The van der Waals surface area contributed by atoms with Gasteiger partial charge in [-0.15, -0.1) is 0 Å². The summed E-state index contributed by atoms with van der Waals surface area (Å²) < 4.78 is 153. The van der Waals surface area contributed by atoms with E-state index in [1.807, 2.05) is 59.7 Å². The number of carbonyl (C=O) groups excluding carboxylic acids is 8. The van der Waals surface area contributed by atoms with E-state index in [2.05, 4.69) is 42.9 Å². The molecule has 8 bridgehead atoms. The van der Waals surface area contributed by atoms with Crippen LogP contribution in [0.25, 0.3) is 0 Å². The lowest BCUT2D eigenvalue weighted by atomic mass is 9.56. The highest BCUT2D eigenvalue weighted by atomic mass is 32.2. The van der Waals surface area contributed by atoms with E-state index in [4.69, 9.17) is 0 Å². The molecule has 8 aliphatic rings. The SMILES string of the molecule is C1C2CC3CC1CC(C2)C3.C1C2CC3CC1CC(C2)C3.CC.CC.CC.CC(=O)OCOC(=O)CS(=O)(=O)[O-].CC(=O)OCOC(=O)CS(=O)(=O)[O-].CC(=O)OCOC(=O)CS(=O)(=O)[O-].CCC(=O)OCOC(=O)CS(=O)(=O)[O-].c1ccncc1. The predicted molar refractivity (Wildman–Crippen MR) is 295 cm³/mol. The van der Waals surface area contributed by atoms with Gasteiger partial charge >= 0.3 is 47.8 Å². The van der Waals surface area contributed by atoms with Gasteiger partial charge in [-0.05, 0) is 137 Å². The molecule has 0 unspecified atom stereocenters. The van der Waals surface area contributed by atoms with Crippen molar-refractivity contribution in [1.82, 2.24) is 4.98 Å². The average Bonchev–Trinajstić information content (AvgIpc) is 3.58. The molecule has 8 fully saturated rings. The molecule has 0 aromatic carbocycles. The highest BCUT2D eigenvalue weighted by Crippen LogP contribution is 2.54. The third-order valence-electron chi connectivity index (χ3n) is 11.9. The highest BCUT2D eigenvalue weighted by Gasteiger charge is 2.42. The number of aromatic nitrogens is 1. The van der Waals surface area contributed by atoms with Gasteiger partial charge in [0.25, 0.3) is 0 Å². The Labute approximate surface area is 500 Å². The first kappa shape index (κ1) is 83.8. The van der Waals surface area contributed by atoms with Gasteiger partial charge in [-0.25, -0.2) is 33.7 Å². The van der Waals surface area contributed by atoms with Crippen LogP contribution in [-0.4, -0.2) is 155 Å². The van der Waals surface area contributed by atoms with Gasteiger partial charge in [0.2, 0.25) is 27.2 Å². The van der Waals surface area contributed by atoms with Gasteiger partial charge in [-0.2, -0.15) is 0 Å². The molecular weight excluding hydrogens is 1210 g/mol. The quantitative estimate of drug-likeness (QED) is 0.0890. The Morgan fingerprint density at radius 1 is 0.341 bits per heavy atom. The Kier molecular flexibility index (Phi) is 45.1. The average molecular weight is 1300 g/mol. The van der Waals surface area contributed by atoms with Gasteiger partial charge < -0.3 is 56.1 Å². The monoisotopic (exact) mass is 1300 g/mol. The smallest absolute Gasteiger partial charge is 0.322 e. The van der Waals surface area contributed by atoms with E-state index in [9.17, 15) is 90.2 Å². The largest absolute Gasteiger partial charge is 0.748 e. The second-order valence-electron chi connectivity index (χ2n) is 18.9. The maximum atomic E-state index is 10.5. The van der Waals surface area contributed by atoms with Crippen molar-refractivity contribution in [2.45, 2.75) is 153 Å². The van der Waals surface area contributed by atoms with Crippen LogP contribution in [0.5, 0.6) is 0 Å². The van der Waals surface area contributed by atoms with Crippen molar-refractivity contribution in [2.24, 2.45) is 47.3 Å². The van der Waals surface area contributed by atoms with E-state index in [0.717, 1.165) is 20.8 Å². The molecule has 0 amide bonds. The van der Waals surface area contributed by atoms with Crippen molar-refractivity contribution >= 4 is 88.2 Å². The maximum Gasteiger partial charge on any atom is 0.322 e. The van der Waals surface area contributed by atoms with Crippen molar-refractivity contribution in [3.05, 3.63) is 30.6 Å². The molecule has 8 saturated carbocycles. The number of esters is 8. The summed E-state index contributed by atoms with van der Waals surface area (Å²) in [7, 11) is -18.6. The Bertz CT molecular complexity index is 2260. The summed E-state index contributed by atoms with van der Waals surface area (Å²) in [5.74, 6) is -3.31. The Morgan fingerprint density at radius 3 is 0.647 bits per heavy atom. The molecule has 8 aliphatic carbocycles. The number of nitrogens with zero attached hydrogens (tertiary/aromatic N) is 1.